The highest BCUT2D eigenvalue weighted by atomic mass is 32.2. The number of carboxylic acids is 1. The summed E-state index contributed by atoms with van der Waals surface area (Å²) in [5.74, 6) is 0.532. The first-order valence-corrected chi connectivity index (χ1v) is 5.82. The molecule has 1 atom stereocenters. The van der Waals surface area contributed by atoms with Crippen molar-refractivity contribution in [3.8, 4) is 0 Å². The first-order chi connectivity index (χ1) is 6.29. The zero-order valence-electron chi connectivity index (χ0n) is 7.74. The van der Waals surface area contributed by atoms with E-state index < -0.39 is 5.97 Å². The number of rotatable bonds is 4. The molecular formula is C10H16O2S. The van der Waals surface area contributed by atoms with Crippen molar-refractivity contribution in [3.63, 3.8) is 0 Å². The summed E-state index contributed by atoms with van der Waals surface area (Å²) < 4.78 is 0. The van der Waals surface area contributed by atoms with Gasteiger partial charge in [0.2, 0.25) is 0 Å². The van der Waals surface area contributed by atoms with E-state index in [1.807, 2.05) is 17.8 Å². The first kappa shape index (κ1) is 10.6. The van der Waals surface area contributed by atoms with E-state index in [1.165, 1.54) is 25.0 Å². The minimum atomic E-state index is -0.743. The minimum Gasteiger partial charge on any atom is -0.481 e. The average molecular weight is 200 g/mol. The second kappa shape index (κ2) is 6.08. The fourth-order valence-corrected chi connectivity index (χ4v) is 2.71. The number of carbonyl (C=O) groups is 1. The lowest BCUT2D eigenvalue weighted by atomic mass is 10.1. The summed E-state index contributed by atoms with van der Waals surface area (Å²) in [5.41, 5.74) is 0. The molecule has 1 aliphatic heterocycles. The maximum Gasteiger partial charge on any atom is 0.307 e. The Morgan fingerprint density at radius 1 is 1.46 bits per heavy atom. The van der Waals surface area contributed by atoms with Crippen molar-refractivity contribution in [2.75, 3.05) is 5.75 Å². The van der Waals surface area contributed by atoms with Crippen LogP contribution in [0, 0.1) is 0 Å². The Morgan fingerprint density at radius 2 is 2.31 bits per heavy atom. The van der Waals surface area contributed by atoms with Gasteiger partial charge in [-0.05, 0) is 25.0 Å². The summed E-state index contributed by atoms with van der Waals surface area (Å²) in [5, 5.41) is 9.13. The predicted molar refractivity (Wildman–Crippen MR) is 56.1 cm³/mol. The van der Waals surface area contributed by atoms with E-state index in [2.05, 4.69) is 0 Å². The highest BCUT2D eigenvalue weighted by Crippen LogP contribution is 2.27. The smallest absolute Gasteiger partial charge is 0.307 e. The van der Waals surface area contributed by atoms with E-state index in [1.54, 1.807) is 6.08 Å². The van der Waals surface area contributed by atoms with E-state index in [0.717, 1.165) is 11.7 Å². The van der Waals surface area contributed by atoms with Crippen molar-refractivity contribution in [1.82, 2.24) is 0 Å². The molecule has 0 aromatic carbocycles. The number of carboxylic acid groups (broad SMARTS) is 1. The number of hydrogen-bond acceptors (Lipinski definition) is 2. The Balaban J connectivity index is 2.09. The van der Waals surface area contributed by atoms with Crippen LogP contribution in [0.4, 0.5) is 0 Å². The summed E-state index contributed by atoms with van der Waals surface area (Å²) in [6.45, 7) is 0. The molecule has 0 radical (unpaired) electrons. The number of aliphatic carboxylic acids is 1. The van der Waals surface area contributed by atoms with Gasteiger partial charge in [-0.3, -0.25) is 4.79 Å². The molecule has 1 rings (SSSR count). The molecule has 1 heterocycles. The van der Waals surface area contributed by atoms with Gasteiger partial charge in [-0.15, -0.1) is 0 Å². The van der Waals surface area contributed by atoms with Crippen LogP contribution in [0.3, 0.4) is 0 Å². The van der Waals surface area contributed by atoms with Crippen LogP contribution in [0.25, 0.3) is 0 Å². The SMILES string of the molecule is O=C(O)C/C=C\CC1CCCCS1. The molecule has 0 amide bonds. The third-order valence-corrected chi connectivity index (χ3v) is 3.56. The fraction of sp³-hybridized carbons (Fsp3) is 0.700. The highest BCUT2D eigenvalue weighted by Gasteiger charge is 2.11. The molecular weight excluding hydrogens is 184 g/mol. The van der Waals surface area contributed by atoms with Crippen molar-refractivity contribution < 1.29 is 9.90 Å². The molecule has 0 aromatic rings. The largest absolute Gasteiger partial charge is 0.481 e. The zero-order valence-corrected chi connectivity index (χ0v) is 8.55. The van der Waals surface area contributed by atoms with Crippen molar-refractivity contribution in [3.05, 3.63) is 12.2 Å². The quantitative estimate of drug-likeness (QED) is 0.709. The maximum absolute atomic E-state index is 10.2. The first-order valence-electron chi connectivity index (χ1n) is 4.77. The summed E-state index contributed by atoms with van der Waals surface area (Å²) in [6.07, 6.45) is 8.95. The molecule has 74 valence electrons. The lowest BCUT2D eigenvalue weighted by molar-refractivity contribution is -0.136. The van der Waals surface area contributed by atoms with Crippen LogP contribution in [0.1, 0.15) is 32.1 Å². The summed E-state index contributed by atoms with van der Waals surface area (Å²) in [4.78, 5) is 10.2. The summed E-state index contributed by atoms with van der Waals surface area (Å²) in [6, 6.07) is 0. The van der Waals surface area contributed by atoms with Crippen LogP contribution in [-0.4, -0.2) is 22.1 Å². The summed E-state index contributed by atoms with van der Waals surface area (Å²) in [7, 11) is 0. The van der Waals surface area contributed by atoms with Gasteiger partial charge >= 0.3 is 5.97 Å². The van der Waals surface area contributed by atoms with Gasteiger partial charge in [0.25, 0.3) is 0 Å². The van der Waals surface area contributed by atoms with Crippen LogP contribution in [-0.2, 0) is 4.79 Å². The molecule has 0 aliphatic carbocycles. The Morgan fingerprint density at radius 3 is 2.92 bits per heavy atom. The predicted octanol–water partition coefficient (Wildman–Crippen LogP) is 2.69. The van der Waals surface area contributed by atoms with E-state index >= 15 is 0 Å². The van der Waals surface area contributed by atoms with E-state index in [4.69, 9.17) is 5.11 Å². The lowest BCUT2D eigenvalue weighted by Crippen LogP contribution is -2.07. The third kappa shape index (κ3) is 4.98. The molecule has 1 unspecified atom stereocenters. The molecule has 1 fully saturated rings. The monoisotopic (exact) mass is 200 g/mol. The lowest BCUT2D eigenvalue weighted by Gasteiger charge is -2.19. The minimum absolute atomic E-state index is 0.164. The molecule has 0 bridgehead atoms. The Kier molecular flexibility index (Phi) is 4.98. The van der Waals surface area contributed by atoms with Gasteiger partial charge in [0.1, 0.15) is 0 Å². The van der Waals surface area contributed by atoms with Crippen LogP contribution in [0.2, 0.25) is 0 Å². The van der Waals surface area contributed by atoms with Crippen molar-refractivity contribution in [2.24, 2.45) is 0 Å². The zero-order chi connectivity index (χ0) is 9.52. The molecule has 1 aliphatic rings. The van der Waals surface area contributed by atoms with Gasteiger partial charge in [0.05, 0.1) is 6.42 Å². The Bertz CT molecular complexity index is 183. The highest BCUT2D eigenvalue weighted by molar-refractivity contribution is 7.99. The van der Waals surface area contributed by atoms with Gasteiger partial charge in [-0.2, -0.15) is 11.8 Å². The summed E-state index contributed by atoms with van der Waals surface area (Å²) >= 11 is 2.02. The topological polar surface area (TPSA) is 37.3 Å². The van der Waals surface area contributed by atoms with E-state index in [9.17, 15) is 4.79 Å². The molecule has 13 heavy (non-hydrogen) atoms. The molecule has 1 saturated heterocycles. The molecule has 0 aromatic heterocycles. The van der Waals surface area contributed by atoms with Gasteiger partial charge in [0.15, 0.2) is 0 Å². The maximum atomic E-state index is 10.2. The molecule has 0 spiro atoms. The molecule has 3 heteroatoms. The van der Waals surface area contributed by atoms with E-state index in [-0.39, 0.29) is 6.42 Å². The number of allylic oxidation sites excluding steroid dienone is 1. The Labute approximate surface area is 83.4 Å². The van der Waals surface area contributed by atoms with Crippen LogP contribution >= 0.6 is 11.8 Å². The molecule has 2 nitrogen and oxygen atoms in total. The van der Waals surface area contributed by atoms with Gasteiger partial charge in [-0.25, -0.2) is 0 Å². The second-order valence-corrected chi connectivity index (χ2v) is 4.70. The van der Waals surface area contributed by atoms with Gasteiger partial charge in [-0.1, -0.05) is 18.6 Å². The van der Waals surface area contributed by atoms with Gasteiger partial charge in [0, 0.05) is 5.25 Å². The van der Waals surface area contributed by atoms with Crippen LogP contribution in [0.15, 0.2) is 12.2 Å². The number of thioether (sulfide) groups is 1. The molecule has 0 saturated carbocycles. The van der Waals surface area contributed by atoms with Crippen molar-refractivity contribution in [1.29, 1.82) is 0 Å². The Hall–Kier alpha value is -0.440. The van der Waals surface area contributed by atoms with Crippen LogP contribution in [0.5, 0.6) is 0 Å². The standard InChI is InChI=1S/C10H16O2S/c11-10(12)7-2-1-5-9-6-3-4-8-13-9/h1-2,9H,3-8H2,(H,11,12)/b2-1-. The normalized spacial score (nSPS) is 23.5. The third-order valence-electron chi connectivity index (χ3n) is 2.13. The van der Waals surface area contributed by atoms with Crippen molar-refractivity contribution >= 4 is 17.7 Å². The fourth-order valence-electron chi connectivity index (χ4n) is 1.43. The van der Waals surface area contributed by atoms with Crippen molar-refractivity contribution in [2.45, 2.75) is 37.4 Å². The second-order valence-electron chi connectivity index (χ2n) is 3.29. The average Bonchev–Trinajstić information content (AvgIpc) is 2.14. The molecule has 1 N–H and O–H groups in total. The van der Waals surface area contributed by atoms with Crippen LogP contribution < -0.4 is 0 Å². The van der Waals surface area contributed by atoms with Gasteiger partial charge < -0.3 is 5.11 Å². The number of hydrogen-bond donors (Lipinski definition) is 1. The van der Waals surface area contributed by atoms with E-state index in [0.29, 0.717) is 0 Å².